The molecule has 1 heterocycles. The highest BCUT2D eigenvalue weighted by Gasteiger charge is 2.21. The summed E-state index contributed by atoms with van der Waals surface area (Å²) in [5, 5.41) is 3.47. The van der Waals surface area contributed by atoms with Crippen LogP contribution in [0.1, 0.15) is 46.0 Å². The van der Waals surface area contributed by atoms with Crippen molar-refractivity contribution in [3.05, 3.63) is 0 Å². The van der Waals surface area contributed by atoms with Crippen molar-refractivity contribution in [1.82, 2.24) is 5.32 Å². The Labute approximate surface area is 94.8 Å². The smallest absolute Gasteiger partial charge is 0.0495 e. The summed E-state index contributed by atoms with van der Waals surface area (Å²) in [6, 6.07) is 0.696. The lowest BCUT2D eigenvalue weighted by atomic mass is 9.89. The number of rotatable bonds is 7. The summed E-state index contributed by atoms with van der Waals surface area (Å²) in [7, 11) is 2.10. The Morgan fingerprint density at radius 3 is 2.53 bits per heavy atom. The van der Waals surface area contributed by atoms with Crippen LogP contribution in [0.15, 0.2) is 0 Å². The Morgan fingerprint density at radius 2 is 2.07 bits per heavy atom. The van der Waals surface area contributed by atoms with Crippen LogP contribution in [0, 0.1) is 11.8 Å². The predicted octanol–water partition coefficient (Wildman–Crippen LogP) is 2.83. The fraction of sp³-hybridized carbons (Fsp3) is 1.00. The first-order valence-corrected chi connectivity index (χ1v) is 6.55. The van der Waals surface area contributed by atoms with E-state index in [1.54, 1.807) is 0 Å². The largest absolute Gasteiger partial charge is 0.381 e. The molecule has 0 aliphatic carbocycles. The molecule has 1 fully saturated rings. The maximum absolute atomic E-state index is 5.43. The molecule has 0 aromatic carbocycles. The van der Waals surface area contributed by atoms with Gasteiger partial charge in [0.1, 0.15) is 0 Å². The van der Waals surface area contributed by atoms with Crippen molar-refractivity contribution in [2.45, 2.75) is 52.0 Å². The molecule has 0 radical (unpaired) electrons. The fourth-order valence-electron chi connectivity index (χ4n) is 2.53. The van der Waals surface area contributed by atoms with Gasteiger partial charge in [0.2, 0.25) is 0 Å². The molecule has 0 bridgehead atoms. The average Bonchev–Trinajstić information content (AvgIpc) is 2.76. The van der Waals surface area contributed by atoms with Crippen LogP contribution in [0.4, 0.5) is 0 Å². The van der Waals surface area contributed by atoms with E-state index in [2.05, 4.69) is 26.2 Å². The lowest BCUT2D eigenvalue weighted by molar-refractivity contribution is 0.180. The van der Waals surface area contributed by atoms with Gasteiger partial charge in [-0.1, -0.05) is 26.7 Å². The Kier molecular flexibility index (Phi) is 6.26. The van der Waals surface area contributed by atoms with E-state index in [4.69, 9.17) is 4.74 Å². The Hall–Kier alpha value is -0.0800. The van der Waals surface area contributed by atoms with Crippen molar-refractivity contribution in [2.24, 2.45) is 11.8 Å². The van der Waals surface area contributed by atoms with Gasteiger partial charge in [0.15, 0.2) is 0 Å². The highest BCUT2D eigenvalue weighted by atomic mass is 16.5. The van der Waals surface area contributed by atoms with Crippen LogP contribution in [0.25, 0.3) is 0 Å². The monoisotopic (exact) mass is 213 g/mol. The molecule has 0 aromatic rings. The lowest BCUT2D eigenvalue weighted by Crippen LogP contribution is -2.30. The van der Waals surface area contributed by atoms with E-state index < -0.39 is 0 Å². The molecule has 0 aromatic heterocycles. The number of nitrogens with one attached hydrogen (secondary N) is 1. The SMILES string of the molecule is CCC(CC)CC(CC1CCOC1)NC. The van der Waals surface area contributed by atoms with Gasteiger partial charge in [-0.05, 0) is 38.1 Å². The highest BCUT2D eigenvalue weighted by molar-refractivity contribution is 4.75. The topological polar surface area (TPSA) is 21.3 Å². The third kappa shape index (κ3) is 4.52. The first-order chi connectivity index (χ1) is 7.30. The van der Waals surface area contributed by atoms with E-state index in [9.17, 15) is 0 Å². The van der Waals surface area contributed by atoms with Crippen molar-refractivity contribution in [3.63, 3.8) is 0 Å². The van der Waals surface area contributed by atoms with Crippen molar-refractivity contribution >= 4 is 0 Å². The van der Waals surface area contributed by atoms with Crippen LogP contribution in [-0.4, -0.2) is 26.3 Å². The van der Waals surface area contributed by atoms with E-state index in [0.29, 0.717) is 6.04 Å². The Balaban J connectivity index is 2.27. The molecule has 15 heavy (non-hydrogen) atoms. The van der Waals surface area contributed by atoms with Gasteiger partial charge in [-0.3, -0.25) is 0 Å². The molecule has 1 aliphatic rings. The summed E-state index contributed by atoms with van der Waals surface area (Å²) in [5.41, 5.74) is 0. The van der Waals surface area contributed by atoms with Gasteiger partial charge in [0, 0.05) is 19.3 Å². The van der Waals surface area contributed by atoms with E-state index >= 15 is 0 Å². The third-order valence-electron chi connectivity index (χ3n) is 3.82. The summed E-state index contributed by atoms with van der Waals surface area (Å²) >= 11 is 0. The molecule has 90 valence electrons. The quantitative estimate of drug-likeness (QED) is 0.702. The summed E-state index contributed by atoms with van der Waals surface area (Å²) in [6.45, 7) is 6.58. The fourth-order valence-corrected chi connectivity index (χ4v) is 2.53. The standard InChI is InChI=1S/C13H27NO/c1-4-11(5-2)8-13(14-3)9-12-6-7-15-10-12/h11-14H,4-10H2,1-3H3. The first kappa shape index (κ1) is 13.0. The molecular formula is C13H27NO. The van der Waals surface area contributed by atoms with Gasteiger partial charge in [-0.2, -0.15) is 0 Å². The summed E-state index contributed by atoms with van der Waals surface area (Å²) in [4.78, 5) is 0. The molecule has 1 aliphatic heterocycles. The zero-order valence-corrected chi connectivity index (χ0v) is 10.6. The lowest BCUT2D eigenvalue weighted by Gasteiger charge is -2.23. The maximum Gasteiger partial charge on any atom is 0.0495 e. The molecule has 1 rings (SSSR count). The molecule has 1 N–H and O–H groups in total. The zero-order valence-electron chi connectivity index (χ0n) is 10.6. The minimum atomic E-state index is 0.696. The maximum atomic E-state index is 5.43. The van der Waals surface area contributed by atoms with E-state index in [0.717, 1.165) is 25.0 Å². The minimum absolute atomic E-state index is 0.696. The van der Waals surface area contributed by atoms with E-state index in [-0.39, 0.29) is 0 Å². The second kappa shape index (κ2) is 7.24. The van der Waals surface area contributed by atoms with E-state index in [1.807, 2.05) is 0 Å². The third-order valence-corrected chi connectivity index (χ3v) is 3.82. The molecule has 2 unspecified atom stereocenters. The zero-order chi connectivity index (χ0) is 11.1. The van der Waals surface area contributed by atoms with Gasteiger partial charge < -0.3 is 10.1 Å². The van der Waals surface area contributed by atoms with Crippen molar-refractivity contribution in [1.29, 1.82) is 0 Å². The molecule has 2 heteroatoms. The summed E-state index contributed by atoms with van der Waals surface area (Å²) < 4.78 is 5.43. The second-order valence-electron chi connectivity index (χ2n) is 4.87. The first-order valence-electron chi connectivity index (χ1n) is 6.55. The Morgan fingerprint density at radius 1 is 1.33 bits per heavy atom. The molecule has 2 nitrogen and oxygen atoms in total. The average molecular weight is 213 g/mol. The molecule has 1 saturated heterocycles. The van der Waals surface area contributed by atoms with Crippen molar-refractivity contribution < 1.29 is 4.74 Å². The molecule has 0 saturated carbocycles. The highest BCUT2D eigenvalue weighted by Crippen LogP contribution is 2.23. The number of hydrogen-bond acceptors (Lipinski definition) is 2. The van der Waals surface area contributed by atoms with Crippen LogP contribution < -0.4 is 5.32 Å². The summed E-state index contributed by atoms with van der Waals surface area (Å²) in [6.07, 6.45) is 6.53. The van der Waals surface area contributed by atoms with Gasteiger partial charge in [0.05, 0.1) is 0 Å². The van der Waals surface area contributed by atoms with Crippen LogP contribution >= 0.6 is 0 Å². The van der Waals surface area contributed by atoms with Crippen LogP contribution in [-0.2, 0) is 4.74 Å². The predicted molar refractivity (Wildman–Crippen MR) is 65.1 cm³/mol. The van der Waals surface area contributed by atoms with Crippen LogP contribution in [0.3, 0.4) is 0 Å². The van der Waals surface area contributed by atoms with Crippen molar-refractivity contribution in [3.8, 4) is 0 Å². The van der Waals surface area contributed by atoms with Gasteiger partial charge in [-0.15, -0.1) is 0 Å². The van der Waals surface area contributed by atoms with Crippen molar-refractivity contribution in [2.75, 3.05) is 20.3 Å². The van der Waals surface area contributed by atoms with Crippen LogP contribution in [0.2, 0.25) is 0 Å². The normalized spacial score (nSPS) is 23.6. The Bertz CT molecular complexity index is 147. The summed E-state index contributed by atoms with van der Waals surface area (Å²) in [5.74, 6) is 1.70. The molecule has 0 spiro atoms. The van der Waals surface area contributed by atoms with Gasteiger partial charge >= 0.3 is 0 Å². The second-order valence-corrected chi connectivity index (χ2v) is 4.87. The number of ether oxygens (including phenoxy) is 1. The molecular weight excluding hydrogens is 186 g/mol. The minimum Gasteiger partial charge on any atom is -0.381 e. The van der Waals surface area contributed by atoms with Gasteiger partial charge in [0.25, 0.3) is 0 Å². The van der Waals surface area contributed by atoms with Crippen LogP contribution in [0.5, 0.6) is 0 Å². The molecule has 0 amide bonds. The van der Waals surface area contributed by atoms with Gasteiger partial charge in [-0.25, -0.2) is 0 Å². The number of hydrogen-bond donors (Lipinski definition) is 1. The molecule has 2 atom stereocenters. The van der Waals surface area contributed by atoms with E-state index in [1.165, 1.54) is 32.1 Å².